The van der Waals surface area contributed by atoms with Gasteiger partial charge in [-0.15, -0.1) is 0 Å². The Morgan fingerprint density at radius 1 is 1.03 bits per heavy atom. The maximum absolute atomic E-state index is 12.2. The van der Waals surface area contributed by atoms with Gasteiger partial charge >= 0.3 is 0 Å². The largest absolute Gasteiger partial charge is 0.352 e. The Bertz CT molecular complexity index is 1070. The van der Waals surface area contributed by atoms with Crippen molar-refractivity contribution >= 4 is 29.3 Å². The summed E-state index contributed by atoms with van der Waals surface area (Å²) in [5, 5.41) is 5.89. The Kier molecular flexibility index (Phi) is 7.40. The molecule has 3 N–H and O–H groups in total. The first-order valence-electron chi connectivity index (χ1n) is 9.38. The predicted molar refractivity (Wildman–Crippen MR) is 117 cm³/mol. The second-order valence-corrected chi connectivity index (χ2v) is 7.65. The first-order valence-corrected chi connectivity index (χ1v) is 10.4. The van der Waals surface area contributed by atoms with Crippen molar-refractivity contribution in [2.75, 3.05) is 11.1 Å². The van der Waals surface area contributed by atoms with Crippen LogP contribution < -0.4 is 16.2 Å². The molecule has 0 aliphatic carbocycles. The number of H-pyrrole nitrogens is 1. The summed E-state index contributed by atoms with van der Waals surface area (Å²) in [6, 6.07) is 18.3. The molecule has 2 aromatic carbocycles. The minimum absolute atomic E-state index is 0.0140. The van der Waals surface area contributed by atoms with E-state index in [0.717, 1.165) is 22.9 Å². The molecule has 3 rings (SSSR count). The van der Waals surface area contributed by atoms with Crippen molar-refractivity contribution in [1.82, 2.24) is 15.3 Å². The molecule has 1 aromatic heterocycles. The number of nitrogens with zero attached hydrogens (tertiary/aromatic N) is 1. The normalized spacial score (nSPS) is 10.4. The highest BCUT2D eigenvalue weighted by Crippen LogP contribution is 2.14. The molecule has 0 aliphatic heterocycles. The second-order valence-electron chi connectivity index (χ2n) is 6.68. The number of carbonyl (C=O) groups is 2. The van der Waals surface area contributed by atoms with Gasteiger partial charge < -0.3 is 15.6 Å². The summed E-state index contributed by atoms with van der Waals surface area (Å²) in [6.07, 6.45) is -0.0140. The highest BCUT2D eigenvalue weighted by Gasteiger charge is 2.10. The SMILES string of the molecule is Cc1ccc(NC(=O)CSc2nc(CC(=O)NCc3ccccc3)cc(=O)[nH]2)cc1. The molecule has 0 bridgehead atoms. The number of aromatic nitrogens is 2. The lowest BCUT2D eigenvalue weighted by atomic mass is 10.2. The summed E-state index contributed by atoms with van der Waals surface area (Å²) in [4.78, 5) is 43.1. The number of nitrogens with one attached hydrogen (secondary N) is 3. The van der Waals surface area contributed by atoms with E-state index in [4.69, 9.17) is 0 Å². The summed E-state index contributed by atoms with van der Waals surface area (Å²) in [7, 11) is 0. The number of benzene rings is 2. The smallest absolute Gasteiger partial charge is 0.251 e. The summed E-state index contributed by atoms with van der Waals surface area (Å²) < 4.78 is 0. The number of carbonyl (C=O) groups excluding carboxylic acids is 2. The number of rotatable bonds is 8. The van der Waals surface area contributed by atoms with Crippen LogP contribution in [0.4, 0.5) is 5.69 Å². The molecule has 3 aromatic rings. The number of anilines is 1. The van der Waals surface area contributed by atoms with Crippen molar-refractivity contribution in [3.05, 3.63) is 87.8 Å². The van der Waals surface area contributed by atoms with E-state index in [9.17, 15) is 14.4 Å². The van der Waals surface area contributed by atoms with Crippen molar-refractivity contribution in [2.45, 2.75) is 25.0 Å². The number of thioether (sulfide) groups is 1. The van der Waals surface area contributed by atoms with Gasteiger partial charge in [0.15, 0.2) is 5.16 Å². The standard InChI is InChI=1S/C22H22N4O3S/c1-15-7-9-17(10-8-15)24-21(29)14-30-22-25-18(12-20(28)26-22)11-19(27)23-13-16-5-3-2-4-6-16/h2-10,12H,11,13-14H2,1H3,(H,23,27)(H,24,29)(H,25,26,28). The molecule has 0 saturated carbocycles. The predicted octanol–water partition coefficient (Wildman–Crippen LogP) is 2.67. The molecular weight excluding hydrogens is 400 g/mol. The van der Waals surface area contributed by atoms with Crippen LogP contribution in [0.5, 0.6) is 0 Å². The van der Waals surface area contributed by atoms with Crippen LogP contribution in [-0.2, 0) is 22.6 Å². The highest BCUT2D eigenvalue weighted by molar-refractivity contribution is 7.99. The number of amides is 2. The molecule has 0 spiro atoms. The Morgan fingerprint density at radius 3 is 2.50 bits per heavy atom. The minimum atomic E-state index is -0.364. The van der Waals surface area contributed by atoms with Crippen molar-refractivity contribution < 1.29 is 9.59 Å². The van der Waals surface area contributed by atoms with E-state index in [-0.39, 0.29) is 29.5 Å². The summed E-state index contributed by atoms with van der Waals surface area (Å²) >= 11 is 1.11. The quantitative estimate of drug-likeness (QED) is 0.382. The molecule has 8 heteroatoms. The lowest BCUT2D eigenvalue weighted by Gasteiger charge is -2.07. The first kappa shape index (κ1) is 21.3. The van der Waals surface area contributed by atoms with Crippen LogP contribution >= 0.6 is 11.8 Å². The molecule has 1 heterocycles. The molecule has 0 saturated heterocycles. The molecular formula is C22H22N4O3S. The average molecular weight is 423 g/mol. The van der Waals surface area contributed by atoms with E-state index in [1.165, 1.54) is 6.07 Å². The van der Waals surface area contributed by atoms with Gasteiger partial charge in [0.1, 0.15) is 0 Å². The first-order chi connectivity index (χ1) is 14.5. The zero-order valence-electron chi connectivity index (χ0n) is 16.5. The van der Waals surface area contributed by atoms with E-state index >= 15 is 0 Å². The minimum Gasteiger partial charge on any atom is -0.352 e. The third kappa shape index (κ3) is 6.89. The van der Waals surface area contributed by atoms with Gasteiger partial charge in [-0.05, 0) is 24.6 Å². The van der Waals surface area contributed by atoms with Gasteiger partial charge in [0.05, 0.1) is 17.9 Å². The van der Waals surface area contributed by atoms with E-state index in [2.05, 4.69) is 20.6 Å². The summed E-state index contributed by atoms with van der Waals surface area (Å²) in [6.45, 7) is 2.38. The van der Waals surface area contributed by atoms with Crippen LogP contribution in [0.3, 0.4) is 0 Å². The van der Waals surface area contributed by atoms with E-state index < -0.39 is 0 Å². The Labute approximate surface area is 178 Å². The van der Waals surface area contributed by atoms with E-state index in [1.807, 2.05) is 61.5 Å². The van der Waals surface area contributed by atoms with Gasteiger partial charge in [-0.1, -0.05) is 59.8 Å². The van der Waals surface area contributed by atoms with Crippen molar-refractivity contribution in [2.24, 2.45) is 0 Å². The Balaban J connectivity index is 1.52. The van der Waals surface area contributed by atoms with Gasteiger partial charge in [0.25, 0.3) is 5.56 Å². The van der Waals surface area contributed by atoms with Crippen molar-refractivity contribution in [1.29, 1.82) is 0 Å². The van der Waals surface area contributed by atoms with Crippen LogP contribution in [0.2, 0.25) is 0 Å². The fourth-order valence-electron chi connectivity index (χ4n) is 2.63. The zero-order chi connectivity index (χ0) is 21.3. The number of hydrogen-bond donors (Lipinski definition) is 3. The molecule has 7 nitrogen and oxygen atoms in total. The maximum atomic E-state index is 12.2. The Morgan fingerprint density at radius 2 is 1.77 bits per heavy atom. The molecule has 0 fully saturated rings. The molecule has 0 radical (unpaired) electrons. The van der Waals surface area contributed by atoms with Gasteiger partial charge in [-0.25, -0.2) is 4.98 Å². The molecule has 0 aliphatic rings. The molecule has 2 amide bonds. The van der Waals surface area contributed by atoms with Crippen LogP contribution in [0.1, 0.15) is 16.8 Å². The lowest BCUT2D eigenvalue weighted by Crippen LogP contribution is -2.26. The number of aryl methyl sites for hydroxylation is 1. The fourth-order valence-corrected chi connectivity index (χ4v) is 3.33. The van der Waals surface area contributed by atoms with Gasteiger partial charge in [-0.3, -0.25) is 14.4 Å². The van der Waals surface area contributed by atoms with Gasteiger partial charge in [0.2, 0.25) is 11.8 Å². The number of hydrogen-bond acceptors (Lipinski definition) is 5. The summed E-state index contributed by atoms with van der Waals surface area (Å²) in [5.41, 5.74) is 2.79. The van der Waals surface area contributed by atoms with E-state index in [1.54, 1.807) is 0 Å². The molecule has 0 atom stereocenters. The molecule has 0 unspecified atom stereocenters. The maximum Gasteiger partial charge on any atom is 0.251 e. The topological polar surface area (TPSA) is 104 Å². The van der Waals surface area contributed by atoms with Crippen molar-refractivity contribution in [3.63, 3.8) is 0 Å². The van der Waals surface area contributed by atoms with Gasteiger partial charge in [0, 0.05) is 18.3 Å². The third-order valence-corrected chi connectivity index (χ3v) is 5.00. The number of aromatic amines is 1. The zero-order valence-corrected chi connectivity index (χ0v) is 17.3. The van der Waals surface area contributed by atoms with Crippen LogP contribution in [0, 0.1) is 6.92 Å². The molecule has 30 heavy (non-hydrogen) atoms. The average Bonchev–Trinajstić information content (AvgIpc) is 2.73. The van der Waals surface area contributed by atoms with E-state index in [0.29, 0.717) is 23.1 Å². The fraction of sp³-hybridized carbons (Fsp3) is 0.182. The van der Waals surface area contributed by atoms with Crippen LogP contribution in [0.25, 0.3) is 0 Å². The highest BCUT2D eigenvalue weighted by atomic mass is 32.2. The molecule has 154 valence electrons. The van der Waals surface area contributed by atoms with Crippen LogP contribution in [0.15, 0.2) is 70.6 Å². The Hall–Kier alpha value is -3.39. The van der Waals surface area contributed by atoms with Crippen molar-refractivity contribution in [3.8, 4) is 0 Å². The second kappa shape index (κ2) is 10.4. The third-order valence-electron chi connectivity index (χ3n) is 4.12. The van der Waals surface area contributed by atoms with Crippen LogP contribution in [-0.4, -0.2) is 27.5 Å². The monoisotopic (exact) mass is 422 g/mol. The van der Waals surface area contributed by atoms with Gasteiger partial charge in [-0.2, -0.15) is 0 Å². The lowest BCUT2D eigenvalue weighted by molar-refractivity contribution is -0.120. The summed E-state index contributed by atoms with van der Waals surface area (Å²) in [5.74, 6) is -0.358.